The second kappa shape index (κ2) is 10.5. The van der Waals surface area contributed by atoms with Gasteiger partial charge in [-0.1, -0.05) is 0 Å². The molecular formula is C16H29IN6O. The molecule has 1 atom stereocenters. The highest BCUT2D eigenvalue weighted by molar-refractivity contribution is 14.0. The maximum Gasteiger partial charge on any atom is 0.224 e. The number of amides is 1. The Morgan fingerprint density at radius 2 is 2.21 bits per heavy atom. The quantitative estimate of drug-likeness (QED) is 0.407. The second-order valence-corrected chi connectivity index (χ2v) is 5.98. The molecule has 2 heterocycles. The first-order valence-corrected chi connectivity index (χ1v) is 8.32. The van der Waals surface area contributed by atoms with Crippen molar-refractivity contribution in [2.24, 2.45) is 12.0 Å². The molecule has 1 aliphatic heterocycles. The molecule has 1 saturated heterocycles. The molecule has 8 heteroatoms. The van der Waals surface area contributed by atoms with Gasteiger partial charge in [-0.15, -0.1) is 24.0 Å². The maximum absolute atomic E-state index is 12.3. The molecule has 1 unspecified atom stereocenters. The van der Waals surface area contributed by atoms with E-state index in [2.05, 4.69) is 27.6 Å². The van der Waals surface area contributed by atoms with Crippen molar-refractivity contribution in [1.29, 1.82) is 0 Å². The van der Waals surface area contributed by atoms with Crippen LogP contribution in [0.25, 0.3) is 0 Å². The average molecular weight is 448 g/mol. The first-order valence-electron chi connectivity index (χ1n) is 8.32. The van der Waals surface area contributed by atoms with Crippen molar-refractivity contribution in [3.05, 3.63) is 18.0 Å². The molecule has 7 nitrogen and oxygen atoms in total. The molecule has 1 amide bonds. The summed E-state index contributed by atoms with van der Waals surface area (Å²) in [5, 5.41) is 10.6. The zero-order chi connectivity index (χ0) is 16.7. The van der Waals surface area contributed by atoms with Crippen LogP contribution in [0.5, 0.6) is 0 Å². The average Bonchev–Trinajstić information content (AvgIpc) is 2.96. The highest BCUT2D eigenvalue weighted by atomic mass is 127. The molecule has 2 rings (SSSR count). The fourth-order valence-corrected chi connectivity index (χ4v) is 2.87. The highest BCUT2D eigenvalue weighted by Crippen LogP contribution is 2.16. The maximum atomic E-state index is 12.3. The smallest absolute Gasteiger partial charge is 0.224 e. The van der Waals surface area contributed by atoms with Crippen LogP contribution in [0.1, 0.15) is 38.3 Å². The van der Waals surface area contributed by atoms with E-state index < -0.39 is 0 Å². The van der Waals surface area contributed by atoms with Crippen molar-refractivity contribution in [1.82, 2.24) is 25.3 Å². The van der Waals surface area contributed by atoms with Gasteiger partial charge in [0.05, 0.1) is 12.2 Å². The minimum absolute atomic E-state index is 0. The molecule has 1 aromatic rings. The van der Waals surface area contributed by atoms with E-state index in [4.69, 9.17) is 0 Å². The van der Waals surface area contributed by atoms with Gasteiger partial charge >= 0.3 is 0 Å². The number of rotatable bonds is 5. The van der Waals surface area contributed by atoms with Crippen LogP contribution in [0, 0.1) is 0 Å². The van der Waals surface area contributed by atoms with Crippen molar-refractivity contribution in [3.8, 4) is 0 Å². The summed E-state index contributed by atoms with van der Waals surface area (Å²) in [7, 11) is 3.64. The van der Waals surface area contributed by atoms with Gasteiger partial charge in [-0.2, -0.15) is 5.10 Å². The van der Waals surface area contributed by atoms with E-state index in [0.717, 1.165) is 25.1 Å². The van der Waals surface area contributed by atoms with Gasteiger partial charge in [0.1, 0.15) is 0 Å². The van der Waals surface area contributed by atoms with Gasteiger partial charge in [-0.3, -0.25) is 14.5 Å². The number of halogens is 1. The first kappa shape index (κ1) is 20.7. The summed E-state index contributed by atoms with van der Waals surface area (Å²) in [6.45, 7) is 4.27. The van der Waals surface area contributed by atoms with Crippen LogP contribution in [0.4, 0.5) is 0 Å². The van der Waals surface area contributed by atoms with Crippen LogP contribution in [0.15, 0.2) is 17.3 Å². The third-order valence-electron chi connectivity index (χ3n) is 4.34. The van der Waals surface area contributed by atoms with Crippen molar-refractivity contribution in [2.45, 2.75) is 45.2 Å². The van der Waals surface area contributed by atoms with Crippen molar-refractivity contribution >= 4 is 35.8 Å². The summed E-state index contributed by atoms with van der Waals surface area (Å²) in [4.78, 5) is 18.5. The van der Waals surface area contributed by atoms with Gasteiger partial charge in [0, 0.05) is 45.8 Å². The van der Waals surface area contributed by atoms with E-state index in [1.807, 2.05) is 22.7 Å². The Labute approximate surface area is 161 Å². The van der Waals surface area contributed by atoms with Crippen LogP contribution in [-0.4, -0.2) is 52.7 Å². The van der Waals surface area contributed by atoms with Crippen LogP contribution in [0.2, 0.25) is 0 Å². The largest absolute Gasteiger partial charge is 0.356 e. The Morgan fingerprint density at radius 1 is 1.42 bits per heavy atom. The SMILES string of the molecule is CN=C(NCCC(=O)N1CCCCC1C)NCc1ccnn1C.I. The number of aliphatic imine (C=N–C) groups is 1. The van der Waals surface area contributed by atoms with Crippen molar-refractivity contribution in [2.75, 3.05) is 20.1 Å². The lowest BCUT2D eigenvalue weighted by molar-refractivity contribution is -0.134. The van der Waals surface area contributed by atoms with Gasteiger partial charge in [0.25, 0.3) is 0 Å². The van der Waals surface area contributed by atoms with Gasteiger partial charge in [0.15, 0.2) is 5.96 Å². The lowest BCUT2D eigenvalue weighted by atomic mass is 10.0. The predicted molar refractivity (Wildman–Crippen MR) is 106 cm³/mol. The van der Waals surface area contributed by atoms with Gasteiger partial charge in [-0.25, -0.2) is 0 Å². The number of aryl methyl sites for hydroxylation is 1. The Hall–Kier alpha value is -1.32. The van der Waals surface area contributed by atoms with Crippen LogP contribution in [-0.2, 0) is 18.4 Å². The van der Waals surface area contributed by atoms with Crippen molar-refractivity contribution in [3.63, 3.8) is 0 Å². The molecule has 0 aromatic carbocycles. The van der Waals surface area contributed by atoms with E-state index in [9.17, 15) is 4.79 Å². The lowest BCUT2D eigenvalue weighted by Gasteiger charge is -2.33. The third kappa shape index (κ3) is 5.95. The summed E-state index contributed by atoms with van der Waals surface area (Å²) in [5.41, 5.74) is 1.08. The summed E-state index contributed by atoms with van der Waals surface area (Å²) in [5.74, 6) is 0.928. The predicted octanol–water partition coefficient (Wildman–Crippen LogP) is 1.49. The van der Waals surface area contributed by atoms with E-state index in [-0.39, 0.29) is 29.9 Å². The number of guanidine groups is 1. The summed E-state index contributed by atoms with van der Waals surface area (Å²) in [6, 6.07) is 2.33. The molecule has 136 valence electrons. The number of hydrogen-bond acceptors (Lipinski definition) is 3. The molecule has 2 N–H and O–H groups in total. The van der Waals surface area contributed by atoms with Crippen LogP contribution >= 0.6 is 24.0 Å². The Bertz CT molecular complexity index is 544. The summed E-state index contributed by atoms with van der Waals surface area (Å²) < 4.78 is 1.82. The minimum Gasteiger partial charge on any atom is -0.356 e. The van der Waals surface area contributed by atoms with Crippen LogP contribution < -0.4 is 10.6 Å². The standard InChI is InChI=1S/C16H28N6O.HI/c1-13-6-4-5-11-22(13)15(23)8-9-18-16(17-2)19-12-14-7-10-20-21(14)3;/h7,10,13H,4-6,8-9,11-12H2,1-3H3,(H2,17,18,19);1H. The van der Waals surface area contributed by atoms with E-state index >= 15 is 0 Å². The monoisotopic (exact) mass is 448 g/mol. The Morgan fingerprint density at radius 3 is 2.83 bits per heavy atom. The fraction of sp³-hybridized carbons (Fsp3) is 0.688. The lowest BCUT2D eigenvalue weighted by Crippen LogP contribution is -2.44. The first-order chi connectivity index (χ1) is 11.1. The second-order valence-electron chi connectivity index (χ2n) is 5.98. The van der Waals surface area contributed by atoms with E-state index in [1.165, 1.54) is 6.42 Å². The van der Waals surface area contributed by atoms with Gasteiger partial charge in [-0.05, 0) is 32.3 Å². The van der Waals surface area contributed by atoms with Gasteiger partial charge in [0.2, 0.25) is 5.91 Å². The molecule has 1 aliphatic rings. The number of nitrogens with one attached hydrogen (secondary N) is 2. The molecule has 0 spiro atoms. The van der Waals surface area contributed by atoms with Crippen LogP contribution in [0.3, 0.4) is 0 Å². The zero-order valence-corrected chi connectivity index (χ0v) is 17.1. The number of carbonyl (C=O) groups excluding carboxylic acids is 1. The summed E-state index contributed by atoms with van der Waals surface area (Å²) >= 11 is 0. The van der Waals surface area contributed by atoms with E-state index in [0.29, 0.717) is 31.5 Å². The highest BCUT2D eigenvalue weighted by Gasteiger charge is 2.22. The fourth-order valence-electron chi connectivity index (χ4n) is 2.87. The number of hydrogen-bond donors (Lipinski definition) is 2. The number of nitrogens with zero attached hydrogens (tertiary/aromatic N) is 4. The number of carbonyl (C=O) groups is 1. The van der Waals surface area contributed by atoms with Crippen molar-refractivity contribution < 1.29 is 4.79 Å². The molecule has 0 bridgehead atoms. The third-order valence-corrected chi connectivity index (χ3v) is 4.34. The number of aromatic nitrogens is 2. The molecule has 1 aromatic heterocycles. The topological polar surface area (TPSA) is 74.6 Å². The molecule has 0 saturated carbocycles. The Kier molecular flexibility index (Phi) is 9.09. The molecule has 1 fully saturated rings. The number of likely N-dealkylation sites (tertiary alicyclic amines) is 1. The number of piperidine rings is 1. The van der Waals surface area contributed by atoms with E-state index in [1.54, 1.807) is 13.2 Å². The molecule has 0 aliphatic carbocycles. The Balaban J connectivity index is 0.00000288. The normalized spacial score (nSPS) is 18.0. The minimum atomic E-state index is 0. The molecule has 0 radical (unpaired) electrons. The zero-order valence-electron chi connectivity index (χ0n) is 14.8. The molecule has 24 heavy (non-hydrogen) atoms. The summed E-state index contributed by atoms with van der Waals surface area (Å²) in [6.07, 6.45) is 5.74. The van der Waals surface area contributed by atoms with Gasteiger partial charge < -0.3 is 15.5 Å². The molecular weight excluding hydrogens is 419 g/mol.